The fourth-order valence-corrected chi connectivity index (χ4v) is 3.03. The number of hydrogen-bond donors (Lipinski definition) is 1. The topological polar surface area (TPSA) is 64.9 Å². The van der Waals surface area contributed by atoms with Crippen molar-refractivity contribution in [1.82, 2.24) is 25.5 Å². The van der Waals surface area contributed by atoms with Crippen molar-refractivity contribution in [2.24, 2.45) is 5.92 Å². The molecule has 0 radical (unpaired) electrons. The van der Waals surface area contributed by atoms with Gasteiger partial charge in [-0.3, -0.25) is 0 Å². The predicted molar refractivity (Wildman–Crippen MR) is 68.5 cm³/mol. The molecule has 1 aromatic heterocycles. The number of aromatic nitrogens is 4. The summed E-state index contributed by atoms with van der Waals surface area (Å²) < 4.78 is 7.27. The number of hydrogen-bond acceptors (Lipinski definition) is 6. The average Bonchev–Trinajstić information content (AvgIpc) is 2.90. The van der Waals surface area contributed by atoms with Crippen LogP contribution in [0.25, 0.3) is 0 Å². The fourth-order valence-electron chi connectivity index (χ4n) is 2.01. The summed E-state index contributed by atoms with van der Waals surface area (Å²) in [5, 5.41) is 16.3. The van der Waals surface area contributed by atoms with Crippen molar-refractivity contribution in [2.45, 2.75) is 37.0 Å². The molecule has 3 rings (SSSR count). The number of thioether (sulfide) groups is 1. The molecule has 1 atom stereocenters. The summed E-state index contributed by atoms with van der Waals surface area (Å²) in [6.07, 6.45) is 3.80. The van der Waals surface area contributed by atoms with Gasteiger partial charge in [0.2, 0.25) is 5.16 Å². The van der Waals surface area contributed by atoms with Crippen molar-refractivity contribution < 1.29 is 4.74 Å². The van der Waals surface area contributed by atoms with Gasteiger partial charge in [0.05, 0.1) is 13.2 Å². The minimum Gasteiger partial charge on any atom is -0.381 e. The number of ether oxygens (including phenoxy) is 1. The van der Waals surface area contributed by atoms with Crippen LogP contribution in [0, 0.1) is 5.92 Å². The van der Waals surface area contributed by atoms with Crippen LogP contribution in [0.4, 0.5) is 0 Å². The van der Waals surface area contributed by atoms with E-state index in [1.807, 2.05) is 4.68 Å². The monoisotopic (exact) mass is 269 g/mol. The Kier molecular flexibility index (Phi) is 4.12. The molecule has 6 nitrogen and oxygen atoms in total. The van der Waals surface area contributed by atoms with Gasteiger partial charge in [-0.15, -0.1) is 5.10 Å². The largest absolute Gasteiger partial charge is 0.381 e. The summed E-state index contributed by atoms with van der Waals surface area (Å²) in [6.45, 7) is 3.60. The van der Waals surface area contributed by atoms with Gasteiger partial charge in [0.25, 0.3) is 0 Å². The molecule has 1 saturated carbocycles. The number of nitrogens with zero attached hydrogens (tertiary/aromatic N) is 4. The smallest absolute Gasteiger partial charge is 0.209 e. The maximum atomic E-state index is 5.37. The van der Waals surface area contributed by atoms with E-state index in [1.54, 1.807) is 11.8 Å². The zero-order chi connectivity index (χ0) is 12.2. The lowest BCUT2D eigenvalue weighted by atomic mass is 10.2. The molecular weight excluding hydrogens is 250 g/mol. The first-order chi connectivity index (χ1) is 8.92. The lowest BCUT2D eigenvalue weighted by molar-refractivity contribution is 0.189. The van der Waals surface area contributed by atoms with Gasteiger partial charge in [-0.2, -0.15) is 0 Å². The van der Waals surface area contributed by atoms with Gasteiger partial charge in [0, 0.05) is 24.9 Å². The van der Waals surface area contributed by atoms with Gasteiger partial charge in [-0.25, -0.2) is 4.68 Å². The standard InChI is InChI=1S/C11H19N5OS/c1-2-10(1)12-4-5-16-11(13-14-15-16)18-8-9-3-6-17-7-9/h9-10,12H,1-8H2. The van der Waals surface area contributed by atoms with Gasteiger partial charge in [-0.05, 0) is 35.6 Å². The van der Waals surface area contributed by atoms with E-state index >= 15 is 0 Å². The fraction of sp³-hybridized carbons (Fsp3) is 0.909. The summed E-state index contributed by atoms with van der Waals surface area (Å²) in [7, 11) is 0. The van der Waals surface area contributed by atoms with Gasteiger partial charge >= 0.3 is 0 Å². The summed E-state index contributed by atoms with van der Waals surface area (Å²) in [4.78, 5) is 0. The van der Waals surface area contributed by atoms with Crippen LogP contribution in [0.2, 0.25) is 0 Å². The van der Waals surface area contributed by atoms with E-state index in [2.05, 4.69) is 20.8 Å². The molecular formula is C11H19N5OS. The van der Waals surface area contributed by atoms with Crippen LogP contribution in [0.3, 0.4) is 0 Å². The predicted octanol–water partition coefficient (Wildman–Crippen LogP) is 0.554. The molecule has 1 N–H and O–H groups in total. The van der Waals surface area contributed by atoms with Crippen molar-refractivity contribution in [2.75, 3.05) is 25.5 Å². The van der Waals surface area contributed by atoms with E-state index in [0.717, 1.165) is 49.7 Å². The first-order valence-corrected chi connectivity index (χ1v) is 7.60. The van der Waals surface area contributed by atoms with Gasteiger partial charge < -0.3 is 10.1 Å². The quantitative estimate of drug-likeness (QED) is 0.729. The van der Waals surface area contributed by atoms with Crippen molar-refractivity contribution in [3.63, 3.8) is 0 Å². The molecule has 1 aromatic rings. The van der Waals surface area contributed by atoms with E-state index in [9.17, 15) is 0 Å². The maximum Gasteiger partial charge on any atom is 0.209 e. The van der Waals surface area contributed by atoms with Crippen LogP contribution in [-0.2, 0) is 11.3 Å². The van der Waals surface area contributed by atoms with E-state index in [0.29, 0.717) is 5.92 Å². The molecule has 2 heterocycles. The average molecular weight is 269 g/mol. The van der Waals surface area contributed by atoms with Crippen LogP contribution in [0.1, 0.15) is 19.3 Å². The molecule has 2 fully saturated rings. The van der Waals surface area contributed by atoms with Crippen LogP contribution >= 0.6 is 11.8 Å². The third kappa shape index (κ3) is 3.43. The van der Waals surface area contributed by atoms with Crippen LogP contribution in [0.5, 0.6) is 0 Å². The highest BCUT2D eigenvalue weighted by molar-refractivity contribution is 7.99. The Morgan fingerprint density at radius 1 is 1.39 bits per heavy atom. The van der Waals surface area contributed by atoms with Crippen LogP contribution in [-0.4, -0.2) is 51.8 Å². The maximum absolute atomic E-state index is 5.37. The normalized spacial score (nSPS) is 23.7. The van der Waals surface area contributed by atoms with Crippen molar-refractivity contribution >= 4 is 11.8 Å². The Morgan fingerprint density at radius 2 is 2.33 bits per heavy atom. The summed E-state index contributed by atoms with van der Waals surface area (Å²) in [6, 6.07) is 0.744. The van der Waals surface area contributed by atoms with Crippen LogP contribution < -0.4 is 5.32 Å². The second-order valence-corrected chi connectivity index (χ2v) is 5.94. The summed E-state index contributed by atoms with van der Waals surface area (Å²) >= 11 is 1.74. The molecule has 18 heavy (non-hydrogen) atoms. The molecule has 0 spiro atoms. The van der Waals surface area contributed by atoms with E-state index in [1.165, 1.54) is 12.8 Å². The van der Waals surface area contributed by atoms with Crippen molar-refractivity contribution in [3.05, 3.63) is 0 Å². The Labute approximate surface area is 111 Å². The Morgan fingerprint density at radius 3 is 3.11 bits per heavy atom. The highest BCUT2D eigenvalue weighted by Gasteiger charge is 2.20. The molecule has 1 aliphatic carbocycles. The SMILES string of the molecule is C(Cn1nnnc1SCC1CCOC1)NC1CC1. The second kappa shape index (κ2) is 5.99. The molecule has 2 aliphatic rings. The number of rotatable bonds is 7. The van der Waals surface area contributed by atoms with Crippen LogP contribution in [0.15, 0.2) is 5.16 Å². The molecule has 0 amide bonds. The third-order valence-corrected chi connectivity index (χ3v) is 4.49. The Bertz CT molecular complexity index is 375. The molecule has 100 valence electrons. The molecule has 7 heteroatoms. The summed E-state index contributed by atoms with van der Waals surface area (Å²) in [5.41, 5.74) is 0. The van der Waals surface area contributed by atoms with Gasteiger partial charge in [-0.1, -0.05) is 11.8 Å². The van der Waals surface area contributed by atoms with Gasteiger partial charge in [0.1, 0.15) is 0 Å². The minimum absolute atomic E-state index is 0.657. The lowest BCUT2D eigenvalue weighted by Gasteiger charge is -2.07. The lowest BCUT2D eigenvalue weighted by Crippen LogP contribution is -2.22. The first-order valence-electron chi connectivity index (χ1n) is 6.62. The van der Waals surface area contributed by atoms with E-state index in [-0.39, 0.29) is 0 Å². The molecule has 1 aliphatic heterocycles. The highest BCUT2D eigenvalue weighted by Crippen LogP contribution is 2.23. The van der Waals surface area contributed by atoms with Crippen molar-refractivity contribution in [1.29, 1.82) is 0 Å². The molecule has 1 unspecified atom stereocenters. The van der Waals surface area contributed by atoms with Crippen molar-refractivity contribution in [3.8, 4) is 0 Å². The number of tetrazole rings is 1. The number of nitrogens with one attached hydrogen (secondary N) is 1. The zero-order valence-electron chi connectivity index (χ0n) is 10.4. The van der Waals surface area contributed by atoms with E-state index in [4.69, 9.17) is 4.74 Å². The summed E-state index contributed by atoms with van der Waals surface area (Å²) in [5.74, 6) is 1.71. The minimum atomic E-state index is 0.657. The van der Waals surface area contributed by atoms with E-state index < -0.39 is 0 Å². The third-order valence-electron chi connectivity index (χ3n) is 3.31. The second-order valence-electron chi connectivity index (χ2n) is 4.95. The zero-order valence-corrected chi connectivity index (χ0v) is 11.2. The highest BCUT2D eigenvalue weighted by atomic mass is 32.2. The first kappa shape index (κ1) is 12.4. The Hall–Kier alpha value is -0.660. The molecule has 1 saturated heterocycles. The molecule has 0 bridgehead atoms. The van der Waals surface area contributed by atoms with Gasteiger partial charge in [0.15, 0.2) is 0 Å². The Balaban J connectivity index is 1.43. The molecule has 0 aromatic carbocycles.